The number of rotatable bonds is 2. The molecular formula is C13H17BrN6. The minimum Gasteiger partial charge on any atom is -0.335 e. The zero-order valence-electron chi connectivity index (χ0n) is 11.3. The maximum absolute atomic E-state index is 6.12. The molecule has 0 radical (unpaired) electrons. The summed E-state index contributed by atoms with van der Waals surface area (Å²) in [7, 11) is 0. The van der Waals surface area contributed by atoms with Gasteiger partial charge < -0.3 is 10.6 Å². The maximum Gasteiger partial charge on any atom is 0.245 e. The molecule has 0 amide bonds. The largest absolute Gasteiger partial charge is 0.335 e. The van der Waals surface area contributed by atoms with E-state index in [1.54, 1.807) is 6.20 Å². The molecule has 2 aromatic heterocycles. The van der Waals surface area contributed by atoms with E-state index in [0.29, 0.717) is 11.8 Å². The van der Waals surface area contributed by atoms with Crippen LogP contribution in [0.4, 0.5) is 5.95 Å². The van der Waals surface area contributed by atoms with E-state index in [0.717, 1.165) is 29.6 Å². The monoisotopic (exact) mass is 336 g/mol. The number of nitrogens with one attached hydrogen (secondary N) is 1. The predicted molar refractivity (Wildman–Crippen MR) is 81.3 cm³/mol. The van der Waals surface area contributed by atoms with Crippen molar-refractivity contribution in [2.45, 2.75) is 31.8 Å². The normalized spacial score (nSPS) is 23.1. The Morgan fingerprint density at radius 1 is 1.50 bits per heavy atom. The number of halogens is 1. The standard InChI is InChI=1S/C13H17BrN6/c1-8-10(15)5-3-7-20(8)13-17-12(18-19-13)11-9(14)4-2-6-16-11/h2,4,6,8,10H,3,5,7,15H2,1H3,(H,17,18,19). The number of nitrogens with two attached hydrogens (primary N) is 1. The van der Waals surface area contributed by atoms with Crippen LogP contribution in [0.2, 0.25) is 0 Å². The molecule has 0 aromatic carbocycles. The van der Waals surface area contributed by atoms with Crippen molar-refractivity contribution in [1.29, 1.82) is 0 Å². The molecule has 1 saturated heterocycles. The highest BCUT2D eigenvalue weighted by Gasteiger charge is 2.28. The van der Waals surface area contributed by atoms with E-state index in [2.05, 4.69) is 47.9 Å². The van der Waals surface area contributed by atoms with Crippen LogP contribution >= 0.6 is 15.9 Å². The third-order valence-corrected chi connectivity index (χ3v) is 4.40. The molecule has 3 N–H and O–H groups in total. The number of pyridine rings is 1. The Labute approximate surface area is 125 Å². The van der Waals surface area contributed by atoms with E-state index < -0.39 is 0 Å². The summed E-state index contributed by atoms with van der Waals surface area (Å²) in [6.45, 7) is 3.06. The van der Waals surface area contributed by atoms with Gasteiger partial charge in [-0.3, -0.25) is 10.1 Å². The molecule has 0 bridgehead atoms. The Morgan fingerprint density at radius 3 is 3.15 bits per heavy atom. The fraction of sp³-hybridized carbons (Fsp3) is 0.462. The second-order valence-corrected chi connectivity index (χ2v) is 5.91. The maximum atomic E-state index is 6.12. The molecule has 20 heavy (non-hydrogen) atoms. The van der Waals surface area contributed by atoms with Gasteiger partial charge in [0.2, 0.25) is 5.95 Å². The number of hydrogen-bond donors (Lipinski definition) is 2. The Hall–Kier alpha value is -1.47. The minimum absolute atomic E-state index is 0.173. The van der Waals surface area contributed by atoms with E-state index in [-0.39, 0.29) is 12.1 Å². The molecule has 3 heterocycles. The van der Waals surface area contributed by atoms with Crippen LogP contribution in [0, 0.1) is 0 Å². The lowest BCUT2D eigenvalue weighted by Crippen LogP contribution is -2.50. The van der Waals surface area contributed by atoms with Crippen LogP contribution < -0.4 is 10.6 Å². The van der Waals surface area contributed by atoms with Crippen molar-refractivity contribution in [1.82, 2.24) is 20.2 Å². The van der Waals surface area contributed by atoms with Crippen LogP contribution in [0.15, 0.2) is 22.8 Å². The minimum atomic E-state index is 0.173. The fourth-order valence-corrected chi connectivity index (χ4v) is 2.95. The summed E-state index contributed by atoms with van der Waals surface area (Å²) in [5, 5.41) is 7.28. The van der Waals surface area contributed by atoms with Crippen LogP contribution in [0.1, 0.15) is 19.8 Å². The molecule has 106 valence electrons. The van der Waals surface area contributed by atoms with Crippen LogP contribution in [-0.2, 0) is 0 Å². The number of anilines is 1. The Balaban J connectivity index is 1.89. The van der Waals surface area contributed by atoms with Gasteiger partial charge in [0, 0.05) is 29.3 Å². The number of aromatic nitrogens is 4. The predicted octanol–water partition coefficient (Wildman–Crippen LogP) is 1.95. The third-order valence-electron chi connectivity index (χ3n) is 3.76. The van der Waals surface area contributed by atoms with E-state index in [1.807, 2.05) is 12.1 Å². The van der Waals surface area contributed by atoms with E-state index in [9.17, 15) is 0 Å². The number of piperidine rings is 1. The average Bonchev–Trinajstić information content (AvgIpc) is 2.92. The smallest absolute Gasteiger partial charge is 0.245 e. The SMILES string of the molecule is CC1C(N)CCCN1c1n[nH]c(-c2ncccc2Br)n1. The summed E-state index contributed by atoms with van der Waals surface area (Å²) in [6, 6.07) is 4.23. The second-order valence-electron chi connectivity index (χ2n) is 5.06. The van der Waals surface area contributed by atoms with Crippen molar-refractivity contribution in [3.63, 3.8) is 0 Å². The first kappa shape index (κ1) is 13.5. The van der Waals surface area contributed by atoms with Gasteiger partial charge in [0.1, 0.15) is 5.69 Å². The average molecular weight is 337 g/mol. The topological polar surface area (TPSA) is 83.7 Å². The van der Waals surface area contributed by atoms with Crippen LogP contribution in [0.5, 0.6) is 0 Å². The summed E-state index contributed by atoms with van der Waals surface area (Å²) in [4.78, 5) is 11.0. The van der Waals surface area contributed by atoms with Gasteiger partial charge in [-0.1, -0.05) is 0 Å². The lowest BCUT2D eigenvalue weighted by atomic mass is 9.99. The van der Waals surface area contributed by atoms with Crippen molar-refractivity contribution in [2.75, 3.05) is 11.4 Å². The summed E-state index contributed by atoms with van der Waals surface area (Å²) in [5.41, 5.74) is 6.88. The van der Waals surface area contributed by atoms with Crippen molar-refractivity contribution in [3.8, 4) is 11.5 Å². The highest BCUT2D eigenvalue weighted by molar-refractivity contribution is 9.10. The van der Waals surface area contributed by atoms with Gasteiger partial charge in [-0.25, -0.2) is 0 Å². The quantitative estimate of drug-likeness (QED) is 0.875. The zero-order chi connectivity index (χ0) is 14.1. The molecule has 2 atom stereocenters. The van der Waals surface area contributed by atoms with Gasteiger partial charge in [0.25, 0.3) is 0 Å². The van der Waals surface area contributed by atoms with Gasteiger partial charge >= 0.3 is 0 Å². The van der Waals surface area contributed by atoms with Crippen molar-refractivity contribution in [2.24, 2.45) is 5.73 Å². The van der Waals surface area contributed by atoms with Crippen LogP contribution in [0.25, 0.3) is 11.5 Å². The first-order valence-electron chi connectivity index (χ1n) is 6.72. The Bertz CT molecular complexity index is 598. The van der Waals surface area contributed by atoms with Gasteiger partial charge in [-0.15, -0.1) is 5.10 Å². The molecular weight excluding hydrogens is 320 g/mol. The van der Waals surface area contributed by atoms with Crippen LogP contribution in [0.3, 0.4) is 0 Å². The molecule has 1 fully saturated rings. The highest BCUT2D eigenvalue weighted by Crippen LogP contribution is 2.26. The Kier molecular flexibility index (Phi) is 3.71. The Morgan fingerprint density at radius 2 is 2.35 bits per heavy atom. The second kappa shape index (κ2) is 5.49. The lowest BCUT2D eigenvalue weighted by molar-refractivity contribution is 0.416. The summed E-state index contributed by atoms with van der Waals surface area (Å²) >= 11 is 3.48. The van der Waals surface area contributed by atoms with Gasteiger partial charge in [-0.2, -0.15) is 4.98 Å². The first-order chi connectivity index (χ1) is 9.66. The van der Waals surface area contributed by atoms with Gasteiger partial charge in [0.15, 0.2) is 5.82 Å². The number of nitrogens with zero attached hydrogens (tertiary/aromatic N) is 4. The van der Waals surface area contributed by atoms with Gasteiger partial charge in [-0.05, 0) is 47.8 Å². The molecule has 1 aliphatic rings. The van der Waals surface area contributed by atoms with E-state index in [1.165, 1.54) is 0 Å². The summed E-state index contributed by atoms with van der Waals surface area (Å²) in [5.74, 6) is 1.36. The molecule has 1 aliphatic heterocycles. The summed E-state index contributed by atoms with van der Waals surface area (Å²) in [6.07, 6.45) is 3.87. The lowest BCUT2D eigenvalue weighted by Gasteiger charge is -2.36. The number of H-pyrrole nitrogens is 1. The van der Waals surface area contributed by atoms with Crippen molar-refractivity contribution in [3.05, 3.63) is 22.8 Å². The van der Waals surface area contributed by atoms with Crippen molar-refractivity contribution >= 4 is 21.9 Å². The third kappa shape index (κ3) is 2.43. The molecule has 3 rings (SSSR count). The first-order valence-corrected chi connectivity index (χ1v) is 7.51. The number of aromatic amines is 1. The zero-order valence-corrected chi connectivity index (χ0v) is 12.8. The molecule has 7 heteroatoms. The highest BCUT2D eigenvalue weighted by atomic mass is 79.9. The molecule has 0 spiro atoms. The fourth-order valence-electron chi connectivity index (χ4n) is 2.50. The van der Waals surface area contributed by atoms with Gasteiger partial charge in [0.05, 0.1) is 0 Å². The molecule has 0 saturated carbocycles. The van der Waals surface area contributed by atoms with Crippen LogP contribution in [-0.4, -0.2) is 38.8 Å². The number of hydrogen-bond acceptors (Lipinski definition) is 5. The molecule has 2 unspecified atom stereocenters. The molecule has 0 aliphatic carbocycles. The van der Waals surface area contributed by atoms with E-state index >= 15 is 0 Å². The van der Waals surface area contributed by atoms with Crippen molar-refractivity contribution < 1.29 is 0 Å². The molecule has 6 nitrogen and oxygen atoms in total. The summed E-state index contributed by atoms with van der Waals surface area (Å²) < 4.78 is 0.895. The van der Waals surface area contributed by atoms with E-state index in [4.69, 9.17) is 5.73 Å². The molecule has 2 aromatic rings.